The normalized spacial score (nSPS) is 9.62. The molecule has 1 amide bonds. The molecule has 0 aliphatic heterocycles. The molecule has 1 aromatic heterocycles. The van der Waals surface area contributed by atoms with Crippen LogP contribution < -0.4 is 15.7 Å². The predicted molar refractivity (Wildman–Crippen MR) is 89.0 cm³/mol. The van der Waals surface area contributed by atoms with E-state index in [0.717, 1.165) is 0 Å². The third-order valence-corrected chi connectivity index (χ3v) is 3.25. The highest BCUT2D eigenvalue weighted by atomic mass is 35.5. The molecule has 0 bridgehead atoms. The zero-order chi connectivity index (χ0) is 18.1. The monoisotopic (exact) mass is 355 g/mol. The number of nitrogens with zero attached hydrogens (tertiary/aromatic N) is 2. The van der Waals surface area contributed by atoms with E-state index in [1.165, 1.54) is 9.13 Å². The van der Waals surface area contributed by atoms with Crippen molar-refractivity contribution in [2.45, 2.75) is 13.5 Å². The molecule has 1 aromatic carbocycles. The molecule has 0 saturated heterocycles. The Bertz CT molecular complexity index is 754. The number of rotatable bonds is 5. The van der Waals surface area contributed by atoms with Gasteiger partial charge in [0.25, 0.3) is 6.47 Å². The lowest BCUT2D eigenvalue weighted by Crippen LogP contribution is -2.32. The second-order valence-electron chi connectivity index (χ2n) is 4.45. The van der Waals surface area contributed by atoms with Gasteiger partial charge in [-0.15, -0.1) is 0 Å². The standard InChI is InChI=1S/C14H16ClN3O3.CH2O2/c1-3-16-13(19)9-17-6-7-18(14(17)20)12-5-4-10(21-2)8-11(12)15;2-1-3/h4-8H,3,9H2,1-2H3,(H,16,19);1H,(H,2,3). The Labute approximate surface area is 143 Å². The summed E-state index contributed by atoms with van der Waals surface area (Å²) in [5, 5.41) is 9.93. The van der Waals surface area contributed by atoms with Crippen molar-refractivity contribution in [1.82, 2.24) is 14.5 Å². The van der Waals surface area contributed by atoms with Crippen molar-refractivity contribution in [3.05, 3.63) is 46.1 Å². The molecule has 1 heterocycles. The van der Waals surface area contributed by atoms with E-state index < -0.39 is 0 Å². The Kier molecular flexibility index (Phi) is 7.57. The quantitative estimate of drug-likeness (QED) is 0.783. The van der Waals surface area contributed by atoms with Crippen molar-refractivity contribution in [2.24, 2.45) is 0 Å². The van der Waals surface area contributed by atoms with Crippen molar-refractivity contribution >= 4 is 24.0 Å². The molecule has 2 aromatic rings. The number of hydrogen-bond donors (Lipinski definition) is 2. The zero-order valence-electron chi connectivity index (χ0n) is 13.2. The van der Waals surface area contributed by atoms with E-state index >= 15 is 0 Å². The molecule has 2 rings (SSSR count). The molecule has 0 aliphatic carbocycles. The van der Waals surface area contributed by atoms with E-state index in [2.05, 4.69) is 5.32 Å². The number of aromatic nitrogens is 2. The summed E-state index contributed by atoms with van der Waals surface area (Å²) in [6.07, 6.45) is 3.13. The van der Waals surface area contributed by atoms with Crippen molar-refractivity contribution in [3.63, 3.8) is 0 Å². The first-order chi connectivity index (χ1) is 11.5. The minimum Gasteiger partial charge on any atom is -0.497 e. The van der Waals surface area contributed by atoms with E-state index in [0.29, 0.717) is 23.0 Å². The number of halogens is 1. The first-order valence-electron chi connectivity index (χ1n) is 6.94. The number of carbonyl (C=O) groups excluding carboxylic acids is 1. The van der Waals surface area contributed by atoms with E-state index in [1.807, 2.05) is 6.92 Å². The Balaban J connectivity index is 0.000000891. The molecule has 0 unspecified atom stereocenters. The number of hydrogen-bond acceptors (Lipinski definition) is 4. The molecule has 0 radical (unpaired) electrons. The molecule has 0 spiro atoms. The van der Waals surface area contributed by atoms with Gasteiger partial charge in [-0.05, 0) is 19.1 Å². The minimum atomic E-state index is -0.326. The highest BCUT2D eigenvalue weighted by Crippen LogP contribution is 2.24. The van der Waals surface area contributed by atoms with Crippen molar-refractivity contribution in [3.8, 4) is 11.4 Å². The molecular weight excluding hydrogens is 338 g/mol. The number of benzene rings is 1. The van der Waals surface area contributed by atoms with Gasteiger partial charge >= 0.3 is 5.69 Å². The summed E-state index contributed by atoms with van der Waals surface area (Å²) < 4.78 is 7.79. The zero-order valence-corrected chi connectivity index (χ0v) is 14.0. The van der Waals surface area contributed by atoms with E-state index in [9.17, 15) is 9.59 Å². The Morgan fingerprint density at radius 1 is 1.42 bits per heavy atom. The minimum absolute atomic E-state index is 0.0204. The average molecular weight is 356 g/mol. The van der Waals surface area contributed by atoms with Crippen LogP contribution in [0.1, 0.15) is 6.92 Å². The van der Waals surface area contributed by atoms with Crippen LogP contribution in [0.2, 0.25) is 5.02 Å². The van der Waals surface area contributed by atoms with Gasteiger partial charge in [-0.3, -0.25) is 18.7 Å². The van der Waals surface area contributed by atoms with Crippen LogP contribution in [0.5, 0.6) is 5.75 Å². The molecule has 0 aliphatic rings. The van der Waals surface area contributed by atoms with E-state index in [1.54, 1.807) is 37.7 Å². The third-order valence-electron chi connectivity index (χ3n) is 2.95. The topological polar surface area (TPSA) is 103 Å². The van der Waals surface area contributed by atoms with Crippen LogP contribution >= 0.6 is 11.6 Å². The Morgan fingerprint density at radius 2 is 2.08 bits per heavy atom. The summed E-state index contributed by atoms with van der Waals surface area (Å²) in [6, 6.07) is 5.04. The summed E-state index contributed by atoms with van der Waals surface area (Å²) in [7, 11) is 1.54. The van der Waals surface area contributed by atoms with Gasteiger partial charge in [0, 0.05) is 25.0 Å². The highest BCUT2D eigenvalue weighted by molar-refractivity contribution is 6.32. The molecule has 9 heteroatoms. The maximum atomic E-state index is 12.3. The van der Waals surface area contributed by atoms with Gasteiger partial charge in [-0.2, -0.15) is 0 Å². The summed E-state index contributed by atoms with van der Waals surface area (Å²) in [5.41, 5.74) is 0.213. The van der Waals surface area contributed by atoms with Gasteiger partial charge in [0.05, 0.1) is 17.8 Å². The predicted octanol–water partition coefficient (Wildman–Crippen LogP) is 1.14. The number of likely N-dealkylation sites (N-methyl/N-ethyl adjacent to an activating group) is 1. The van der Waals surface area contributed by atoms with Crippen LogP contribution in [0.4, 0.5) is 0 Å². The van der Waals surface area contributed by atoms with Crippen LogP contribution in [-0.4, -0.2) is 40.3 Å². The van der Waals surface area contributed by atoms with Gasteiger partial charge in [0.15, 0.2) is 0 Å². The lowest BCUT2D eigenvalue weighted by Gasteiger charge is -2.07. The number of nitrogens with one attached hydrogen (secondary N) is 1. The van der Waals surface area contributed by atoms with Crippen LogP contribution in [0.3, 0.4) is 0 Å². The fourth-order valence-electron chi connectivity index (χ4n) is 1.93. The highest BCUT2D eigenvalue weighted by Gasteiger charge is 2.11. The fraction of sp³-hybridized carbons (Fsp3) is 0.267. The van der Waals surface area contributed by atoms with E-state index in [-0.39, 0.29) is 24.6 Å². The Hall–Kier alpha value is -2.74. The first-order valence-corrected chi connectivity index (χ1v) is 7.32. The van der Waals surface area contributed by atoms with Crippen molar-refractivity contribution in [1.29, 1.82) is 0 Å². The number of imidazole rings is 1. The fourth-order valence-corrected chi connectivity index (χ4v) is 2.20. The molecule has 2 N–H and O–H groups in total. The second kappa shape index (κ2) is 9.41. The molecule has 0 saturated carbocycles. The number of carbonyl (C=O) groups is 2. The molecule has 130 valence electrons. The largest absolute Gasteiger partial charge is 0.497 e. The maximum absolute atomic E-state index is 12.3. The molecule has 0 atom stereocenters. The maximum Gasteiger partial charge on any atom is 0.333 e. The van der Waals surface area contributed by atoms with Crippen LogP contribution in [0.15, 0.2) is 35.4 Å². The van der Waals surface area contributed by atoms with Gasteiger partial charge in [0.1, 0.15) is 12.3 Å². The van der Waals surface area contributed by atoms with Crippen LogP contribution in [0.25, 0.3) is 5.69 Å². The summed E-state index contributed by atoms with van der Waals surface area (Å²) >= 11 is 6.15. The molecule has 24 heavy (non-hydrogen) atoms. The van der Waals surface area contributed by atoms with Gasteiger partial charge in [0.2, 0.25) is 5.91 Å². The van der Waals surface area contributed by atoms with E-state index in [4.69, 9.17) is 26.2 Å². The number of ether oxygens (including phenoxy) is 1. The van der Waals surface area contributed by atoms with Crippen molar-refractivity contribution < 1.29 is 19.4 Å². The lowest BCUT2D eigenvalue weighted by atomic mass is 10.3. The van der Waals surface area contributed by atoms with Gasteiger partial charge in [-0.25, -0.2) is 4.79 Å². The molecular formula is C15H18ClN3O5. The van der Waals surface area contributed by atoms with Gasteiger partial charge < -0.3 is 15.2 Å². The summed E-state index contributed by atoms with van der Waals surface area (Å²) in [4.78, 5) is 32.2. The number of amides is 1. The average Bonchev–Trinajstić information content (AvgIpc) is 2.89. The van der Waals surface area contributed by atoms with Crippen LogP contribution in [-0.2, 0) is 16.1 Å². The third kappa shape index (κ3) is 4.88. The summed E-state index contributed by atoms with van der Waals surface area (Å²) in [5.74, 6) is 0.400. The van der Waals surface area contributed by atoms with Gasteiger partial charge in [-0.1, -0.05) is 11.6 Å². The van der Waals surface area contributed by atoms with Crippen LogP contribution in [0, 0.1) is 0 Å². The summed E-state index contributed by atoms with van der Waals surface area (Å²) in [6.45, 7) is 2.08. The second-order valence-corrected chi connectivity index (χ2v) is 4.86. The first kappa shape index (κ1) is 19.3. The molecule has 8 nitrogen and oxygen atoms in total. The smallest absolute Gasteiger partial charge is 0.333 e. The lowest BCUT2D eigenvalue weighted by molar-refractivity contribution is -0.123. The molecule has 0 fully saturated rings. The SMILES string of the molecule is CCNC(=O)Cn1ccn(-c2ccc(OC)cc2Cl)c1=O.O=CO. The van der Waals surface area contributed by atoms with Crippen molar-refractivity contribution in [2.75, 3.05) is 13.7 Å². The number of carboxylic acid groups (broad SMARTS) is 1. The number of methoxy groups -OCH3 is 1. The Morgan fingerprint density at radius 3 is 2.62 bits per heavy atom.